The summed E-state index contributed by atoms with van der Waals surface area (Å²) < 4.78 is 10.8. The third kappa shape index (κ3) is 7.56. The average molecular weight is 435 g/mol. The molecule has 0 aliphatic carbocycles. The van der Waals surface area contributed by atoms with Crippen LogP contribution in [0.5, 0.6) is 0 Å². The van der Waals surface area contributed by atoms with Crippen molar-refractivity contribution in [2.75, 3.05) is 26.3 Å². The van der Waals surface area contributed by atoms with Crippen LogP contribution in [-0.2, 0) is 11.2 Å². The van der Waals surface area contributed by atoms with E-state index < -0.39 is 0 Å². The number of rotatable bonds is 7. The monoisotopic (exact) mass is 435 g/mol. The Morgan fingerprint density at radius 2 is 2.22 bits per heavy atom. The first-order chi connectivity index (χ1) is 10.6. The highest BCUT2D eigenvalue weighted by atomic mass is 127. The second-order valence-electron chi connectivity index (χ2n) is 6.35. The molecule has 0 amide bonds. The number of halogens is 1. The number of hydrogen-bond acceptors (Lipinski definition) is 3. The highest BCUT2D eigenvalue weighted by molar-refractivity contribution is 14.0. The molecule has 0 radical (unpaired) electrons. The normalized spacial score (nSPS) is 19.5. The van der Waals surface area contributed by atoms with E-state index in [0.29, 0.717) is 17.9 Å². The highest BCUT2D eigenvalue weighted by Crippen LogP contribution is 2.12. The number of furan rings is 1. The lowest BCUT2D eigenvalue weighted by molar-refractivity contribution is 0.187. The van der Waals surface area contributed by atoms with Crippen LogP contribution < -0.4 is 10.6 Å². The van der Waals surface area contributed by atoms with Crippen molar-refractivity contribution in [1.29, 1.82) is 0 Å². The first-order valence-electron chi connectivity index (χ1n) is 8.30. The van der Waals surface area contributed by atoms with Gasteiger partial charge in [-0.3, -0.25) is 4.99 Å². The van der Waals surface area contributed by atoms with E-state index >= 15 is 0 Å². The first kappa shape index (κ1) is 20.3. The smallest absolute Gasteiger partial charge is 0.191 e. The third-order valence-electron chi connectivity index (χ3n) is 4.14. The maximum absolute atomic E-state index is 5.42. The van der Waals surface area contributed by atoms with E-state index in [2.05, 4.69) is 31.4 Å². The summed E-state index contributed by atoms with van der Waals surface area (Å²) in [5, 5.41) is 6.89. The van der Waals surface area contributed by atoms with Gasteiger partial charge in [0.1, 0.15) is 5.76 Å². The Kier molecular flexibility index (Phi) is 9.62. The zero-order chi connectivity index (χ0) is 15.8. The van der Waals surface area contributed by atoms with Crippen LogP contribution in [0, 0.1) is 11.8 Å². The van der Waals surface area contributed by atoms with Gasteiger partial charge in [0.15, 0.2) is 5.96 Å². The van der Waals surface area contributed by atoms with E-state index in [4.69, 9.17) is 14.1 Å². The van der Waals surface area contributed by atoms with Gasteiger partial charge >= 0.3 is 0 Å². The van der Waals surface area contributed by atoms with Gasteiger partial charge in [0.05, 0.1) is 12.9 Å². The van der Waals surface area contributed by atoms with Crippen LogP contribution in [0.3, 0.4) is 0 Å². The first-order valence-corrected chi connectivity index (χ1v) is 8.30. The fraction of sp³-hybridized carbons (Fsp3) is 0.706. The number of ether oxygens (including phenoxy) is 1. The van der Waals surface area contributed by atoms with Crippen LogP contribution >= 0.6 is 24.0 Å². The van der Waals surface area contributed by atoms with Crippen LogP contribution in [-0.4, -0.2) is 38.3 Å². The second-order valence-corrected chi connectivity index (χ2v) is 6.35. The van der Waals surface area contributed by atoms with Crippen molar-refractivity contribution < 1.29 is 9.15 Å². The van der Waals surface area contributed by atoms with E-state index in [-0.39, 0.29) is 24.0 Å². The van der Waals surface area contributed by atoms with Crippen molar-refractivity contribution >= 4 is 29.9 Å². The third-order valence-corrected chi connectivity index (χ3v) is 4.14. The Morgan fingerprint density at radius 3 is 2.83 bits per heavy atom. The van der Waals surface area contributed by atoms with Gasteiger partial charge < -0.3 is 19.8 Å². The van der Waals surface area contributed by atoms with E-state index in [9.17, 15) is 0 Å². The molecule has 1 aromatic heterocycles. The zero-order valence-electron chi connectivity index (χ0n) is 14.4. The van der Waals surface area contributed by atoms with Gasteiger partial charge in [0.25, 0.3) is 0 Å². The van der Waals surface area contributed by atoms with Gasteiger partial charge in [-0.25, -0.2) is 0 Å². The van der Waals surface area contributed by atoms with Gasteiger partial charge in [0, 0.05) is 38.1 Å². The summed E-state index contributed by atoms with van der Waals surface area (Å²) in [4.78, 5) is 4.73. The van der Waals surface area contributed by atoms with Crippen molar-refractivity contribution in [1.82, 2.24) is 10.6 Å². The molecule has 1 saturated heterocycles. The Balaban J connectivity index is 0.00000264. The largest absolute Gasteiger partial charge is 0.469 e. The lowest BCUT2D eigenvalue weighted by atomic mass is 10.1. The molecule has 0 aromatic carbocycles. The van der Waals surface area contributed by atoms with E-state index in [1.165, 1.54) is 0 Å². The van der Waals surface area contributed by atoms with Gasteiger partial charge in [-0.2, -0.15) is 0 Å². The molecule has 2 unspecified atom stereocenters. The number of nitrogens with one attached hydrogen (secondary N) is 2. The molecule has 0 spiro atoms. The minimum Gasteiger partial charge on any atom is -0.469 e. The predicted octanol–water partition coefficient (Wildman–Crippen LogP) is 3.06. The van der Waals surface area contributed by atoms with Crippen molar-refractivity contribution in [3.05, 3.63) is 24.2 Å². The minimum atomic E-state index is 0. The standard InChI is InChI=1S/C17H29N3O2.HI/c1-13(2)14(3)20-17(19-11-15-7-10-21-12-15)18-8-6-16-5-4-9-22-16;/h4-5,9,13-15H,6-8,10-12H2,1-3H3,(H2,18,19,20);1H. The summed E-state index contributed by atoms with van der Waals surface area (Å²) in [6, 6.07) is 4.30. The summed E-state index contributed by atoms with van der Waals surface area (Å²) in [6.45, 7) is 9.95. The summed E-state index contributed by atoms with van der Waals surface area (Å²) in [6.07, 6.45) is 3.68. The zero-order valence-corrected chi connectivity index (χ0v) is 16.7. The average Bonchev–Trinajstić information content (AvgIpc) is 3.17. The van der Waals surface area contributed by atoms with Crippen molar-refractivity contribution in [2.45, 2.75) is 39.7 Å². The SMILES string of the molecule is CC(C)C(C)NC(=NCC1CCOC1)NCCc1ccco1.I. The van der Waals surface area contributed by atoms with Crippen molar-refractivity contribution in [3.8, 4) is 0 Å². The van der Waals surface area contributed by atoms with Crippen molar-refractivity contribution in [3.63, 3.8) is 0 Å². The van der Waals surface area contributed by atoms with Crippen LogP contribution in [0.1, 0.15) is 33.0 Å². The molecule has 0 bridgehead atoms. The number of aliphatic imine (C=N–C) groups is 1. The van der Waals surface area contributed by atoms with Crippen LogP contribution in [0.2, 0.25) is 0 Å². The Morgan fingerprint density at radius 1 is 1.39 bits per heavy atom. The molecule has 132 valence electrons. The summed E-state index contributed by atoms with van der Waals surface area (Å²) >= 11 is 0. The fourth-order valence-electron chi connectivity index (χ4n) is 2.24. The maximum atomic E-state index is 5.42. The maximum Gasteiger partial charge on any atom is 0.191 e. The quantitative estimate of drug-likeness (QED) is 0.393. The van der Waals surface area contributed by atoms with Crippen LogP contribution in [0.25, 0.3) is 0 Å². The predicted molar refractivity (Wildman–Crippen MR) is 104 cm³/mol. The Labute approximate surface area is 156 Å². The fourth-order valence-corrected chi connectivity index (χ4v) is 2.24. The molecule has 2 heterocycles. The van der Waals surface area contributed by atoms with Crippen LogP contribution in [0.4, 0.5) is 0 Å². The number of nitrogens with zero attached hydrogens (tertiary/aromatic N) is 1. The molecule has 1 aromatic rings. The molecule has 23 heavy (non-hydrogen) atoms. The van der Waals surface area contributed by atoms with Crippen LogP contribution in [0.15, 0.2) is 27.8 Å². The van der Waals surface area contributed by atoms with Gasteiger partial charge in [-0.1, -0.05) is 13.8 Å². The molecule has 2 rings (SSSR count). The molecular formula is C17H30IN3O2. The Bertz CT molecular complexity index is 443. The molecule has 1 aliphatic rings. The molecule has 6 heteroatoms. The van der Waals surface area contributed by atoms with Gasteiger partial charge in [0.2, 0.25) is 0 Å². The molecule has 2 N–H and O–H groups in total. The second kappa shape index (κ2) is 10.9. The summed E-state index contributed by atoms with van der Waals surface area (Å²) in [5.41, 5.74) is 0. The molecule has 5 nitrogen and oxygen atoms in total. The molecule has 1 aliphatic heterocycles. The van der Waals surface area contributed by atoms with E-state index in [0.717, 1.165) is 50.9 Å². The molecule has 1 fully saturated rings. The minimum absolute atomic E-state index is 0. The molecule has 0 saturated carbocycles. The lowest BCUT2D eigenvalue weighted by Gasteiger charge is -2.21. The van der Waals surface area contributed by atoms with E-state index in [1.807, 2.05) is 12.1 Å². The van der Waals surface area contributed by atoms with Gasteiger partial charge in [-0.15, -0.1) is 24.0 Å². The topological polar surface area (TPSA) is 58.8 Å². The van der Waals surface area contributed by atoms with E-state index in [1.54, 1.807) is 6.26 Å². The summed E-state index contributed by atoms with van der Waals surface area (Å²) in [7, 11) is 0. The Hall–Kier alpha value is -0.760. The lowest BCUT2D eigenvalue weighted by Crippen LogP contribution is -2.45. The molecular weight excluding hydrogens is 405 g/mol. The number of guanidine groups is 1. The number of hydrogen-bond donors (Lipinski definition) is 2. The summed E-state index contributed by atoms with van der Waals surface area (Å²) in [5.74, 6) is 3.00. The van der Waals surface area contributed by atoms with Crippen molar-refractivity contribution in [2.24, 2.45) is 16.8 Å². The van der Waals surface area contributed by atoms with Gasteiger partial charge in [-0.05, 0) is 31.4 Å². The molecule has 2 atom stereocenters. The highest BCUT2D eigenvalue weighted by Gasteiger charge is 2.16.